The Bertz CT molecular complexity index is 235. The minimum Gasteiger partial charge on any atom is -0.338 e. The maximum absolute atomic E-state index is 5.75. The van der Waals surface area contributed by atoms with Crippen LogP contribution in [0.2, 0.25) is 0 Å². The normalized spacial score (nSPS) is 13.2. The van der Waals surface area contributed by atoms with E-state index in [9.17, 15) is 0 Å². The molecule has 1 aromatic rings. The van der Waals surface area contributed by atoms with Gasteiger partial charge in [0.2, 0.25) is 5.89 Å². The highest BCUT2D eigenvalue weighted by Crippen LogP contribution is 2.16. The lowest BCUT2D eigenvalue weighted by molar-refractivity contribution is 0.373. The molecule has 0 saturated heterocycles. The van der Waals surface area contributed by atoms with Crippen LogP contribution in [0.3, 0.4) is 0 Å². The predicted molar refractivity (Wildman–Crippen MR) is 47.2 cm³/mol. The lowest BCUT2D eigenvalue weighted by atomic mass is 10.2. The monoisotopic (exact) mass is 188 g/mol. The molecule has 1 rings (SSSR count). The molecule has 0 radical (unpaired) electrons. The first-order valence-electron chi connectivity index (χ1n) is 4.20. The summed E-state index contributed by atoms with van der Waals surface area (Å²) in [6, 6.07) is 0. The zero-order chi connectivity index (χ0) is 8.97. The molecular formula is C8H13ClN2O. The zero-order valence-corrected chi connectivity index (χ0v) is 8.14. The molecule has 4 heteroatoms. The molecule has 68 valence electrons. The fourth-order valence-corrected chi connectivity index (χ4v) is 0.954. The number of aromatic nitrogens is 2. The van der Waals surface area contributed by atoms with Crippen LogP contribution in [0.1, 0.15) is 43.8 Å². The summed E-state index contributed by atoms with van der Waals surface area (Å²) in [5, 5.41) is 3.62. The van der Waals surface area contributed by atoms with E-state index in [1.165, 1.54) is 0 Å². The smallest absolute Gasteiger partial charge is 0.244 e. The number of halogens is 1. The molecular weight excluding hydrogens is 176 g/mol. The van der Waals surface area contributed by atoms with Gasteiger partial charge >= 0.3 is 0 Å². The van der Waals surface area contributed by atoms with E-state index in [1.54, 1.807) is 0 Å². The van der Waals surface area contributed by atoms with Gasteiger partial charge in [0.1, 0.15) is 5.38 Å². The Balaban J connectivity index is 2.52. The molecule has 3 nitrogen and oxygen atoms in total. The Kier molecular flexibility index (Phi) is 3.53. The number of hydrogen-bond donors (Lipinski definition) is 0. The molecule has 0 spiro atoms. The maximum atomic E-state index is 5.75. The first-order chi connectivity index (χ1) is 5.74. The van der Waals surface area contributed by atoms with Gasteiger partial charge in [-0.05, 0) is 13.3 Å². The van der Waals surface area contributed by atoms with Crippen LogP contribution in [0.5, 0.6) is 0 Å². The van der Waals surface area contributed by atoms with Crippen molar-refractivity contribution < 1.29 is 4.52 Å². The second-order valence-corrected chi connectivity index (χ2v) is 3.42. The third-order valence-corrected chi connectivity index (χ3v) is 1.76. The van der Waals surface area contributed by atoms with Crippen LogP contribution < -0.4 is 0 Å². The average molecular weight is 189 g/mol. The summed E-state index contributed by atoms with van der Waals surface area (Å²) >= 11 is 5.75. The standard InChI is InChI=1S/C8H13ClN2O/c1-3-4-5-7-10-8(6(2)9)12-11-7/h6H,3-5H2,1-2H3. The zero-order valence-electron chi connectivity index (χ0n) is 7.38. The fourth-order valence-electron chi connectivity index (χ4n) is 0.865. The van der Waals surface area contributed by atoms with E-state index in [1.807, 2.05) is 6.92 Å². The maximum Gasteiger partial charge on any atom is 0.244 e. The first-order valence-corrected chi connectivity index (χ1v) is 4.64. The van der Waals surface area contributed by atoms with E-state index < -0.39 is 0 Å². The molecule has 1 unspecified atom stereocenters. The van der Waals surface area contributed by atoms with Crippen LogP contribution in [0.15, 0.2) is 4.52 Å². The van der Waals surface area contributed by atoms with Crippen molar-refractivity contribution in [2.24, 2.45) is 0 Å². The Morgan fingerprint density at radius 1 is 1.58 bits per heavy atom. The fraction of sp³-hybridized carbons (Fsp3) is 0.750. The molecule has 0 aromatic carbocycles. The van der Waals surface area contributed by atoms with Crippen molar-refractivity contribution in [1.82, 2.24) is 10.1 Å². The molecule has 0 aliphatic heterocycles. The second-order valence-electron chi connectivity index (χ2n) is 2.77. The lowest BCUT2D eigenvalue weighted by Crippen LogP contribution is -1.88. The van der Waals surface area contributed by atoms with Crippen LogP contribution >= 0.6 is 11.6 Å². The lowest BCUT2D eigenvalue weighted by Gasteiger charge is -1.90. The number of rotatable bonds is 4. The molecule has 0 fully saturated rings. The summed E-state index contributed by atoms with van der Waals surface area (Å²) in [6.07, 6.45) is 3.11. The molecule has 0 amide bonds. The summed E-state index contributed by atoms with van der Waals surface area (Å²) in [5.74, 6) is 1.28. The van der Waals surface area contributed by atoms with Gasteiger partial charge in [-0.15, -0.1) is 11.6 Å². The average Bonchev–Trinajstić information content (AvgIpc) is 2.48. The van der Waals surface area contributed by atoms with Gasteiger partial charge in [-0.3, -0.25) is 0 Å². The Hall–Kier alpha value is -0.570. The largest absolute Gasteiger partial charge is 0.338 e. The van der Waals surface area contributed by atoms with Crippen LogP contribution in [0, 0.1) is 0 Å². The Morgan fingerprint density at radius 3 is 2.83 bits per heavy atom. The number of aryl methyl sites for hydroxylation is 1. The molecule has 1 heterocycles. The van der Waals surface area contributed by atoms with Crippen molar-refractivity contribution in [3.8, 4) is 0 Å². The molecule has 0 saturated carbocycles. The summed E-state index contributed by atoms with van der Waals surface area (Å²) in [7, 11) is 0. The van der Waals surface area contributed by atoms with Gasteiger partial charge in [-0.25, -0.2) is 0 Å². The van der Waals surface area contributed by atoms with Gasteiger partial charge in [0.25, 0.3) is 0 Å². The van der Waals surface area contributed by atoms with Crippen LogP contribution in [0.25, 0.3) is 0 Å². The van der Waals surface area contributed by atoms with Crippen molar-refractivity contribution in [3.63, 3.8) is 0 Å². The second kappa shape index (κ2) is 4.45. The first kappa shape index (κ1) is 9.52. The molecule has 0 bridgehead atoms. The highest BCUT2D eigenvalue weighted by atomic mass is 35.5. The van der Waals surface area contributed by atoms with Crippen molar-refractivity contribution in [1.29, 1.82) is 0 Å². The molecule has 0 N–H and O–H groups in total. The van der Waals surface area contributed by atoms with Gasteiger partial charge in [0, 0.05) is 6.42 Å². The minimum atomic E-state index is -0.187. The Labute approximate surface area is 77.1 Å². The molecule has 0 aliphatic rings. The highest BCUT2D eigenvalue weighted by Gasteiger charge is 2.10. The predicted octanol–water partition coefficient (Wildman–Crippen LogP) is 2.71. The summed E-state index contributed by atoms with van der Waals surface area (Å²) < 4.78 is 4.93. The van der Waals surface area contributed by atoms with Crippen molar-refractivity contribution in [3.05, 3.63) is 11.7 Å². The number of nitrogens with zero attached hydrogens (tertiary/aromatic N) is 2. The van der Waals surface area contributed by atoms with E-state index >= 15 is 0 Å². The van der Waals surface area contributed by atoms with E-state index in [4.69, 9.17) is 16.1 Å². The summed E-state index contributed by atoms with van der Waals surface area (Å²) in [6.45, 7) is 3.95. The number of hydrogen-bond acceptors (Lipinski definition) is 3. The van der Waals surface area contributed by atoms with E-state index in [0.717, 1.165) is 25.1 Å². The minimum absolute atomic E-state index is 0.187. The van der Waals surface area contributed by atoms with Gasteiger partial charge < -0.3 is 4.52 Å². The SMILES string of the molecule is CCCCc1noc(C(C)Cl)n1. The molecule has 1 atom stereocenters. The van der Waals surface area contributed by atoms with Crippen molar-refractivity contribution >= 4 is 11.6 Å². The van der Waals surface area contributed by atoms with Crippen molar-refractivity contribution in [2.75, 3.05) is 0 Å². The van der Waals surface area contributed by atoms with E-state index in [-0.39, 0.29) is 5.38 Å². The van der Waals surface area contributed by atoms with Gasteiger partial charge in [-0.1, -0.05) is 18.5 Å². The van der Waals surface area contributed by atoms with E-state index in [0.29, 0.717) is 5.89 Å². The number of alkyl halides is 1. The number of unbranched alkanes of at least 4 members (excludes halogenated alkanes) is 1. The van der Waals surface area contributed by atoms with Crippen molar-refractivity contribution in [2.45, 2.75) is 38.5 Å². The Morgan fingerprint density at radius 2 is 2.33 bits per heavy atom. The summed E-state index contributed by atoms with van der Waals surface area (Å²) in [4.78, 5) is 4.14. The van der Waals surface area contributed by atoms with Gasteiger partial charge in [-0.2, -0.15) is 4.98 Å². The third-order valence-electron chi connectivity index (χ3n) is 1.58. The molecule has 0 aliphatic carbocycles. The van der Waals surface area contributed by atoms with Crippen LogP contribution in [-0.4, -0.2) is 10.1 Å². The third kappa shape index (κ3) is 2.48. The molecule has 1 aromatic heterocycles. The van der Waals surface area contributed by atoms with E-state index in [2.05, 4.69) is 17.1 Å². The summed E-state index contributed by atoms with van der Waals surface area (Å²) in [5.41, 5.74) is 0. The highest BCUT2D eigenvalue weighted by molar-refractivity contribution is 6.20. The van der Waals surface area contributed by atoms with Gasteiger partial charge in [0.05, 0.1) is 0 Å². The van der Waals surface area contributed by atoms with Crippen LogP contribution in [-0.2, 0) is 6.42 Å². The van der Waals surface area contributed by atoms with Gasteiger partial charge in [0.15, 0.2) is 5.82 Å². The quantitative estimate of drug-likeness (QED) is 0.682. The molecule has 12 heavy (non-hydrogen) atoms. The topological polar surface area (TPSA) is 38.9 Å². The van der Waals surface area contributed by atoms with Crippen LogP contribution in [0.4, 0.5) is 0 Å².